The first-order valence-corrected chi connectivity index (χ1v) is 8.91. The lowest BCUT2D eigenvalue weighted by Crippen LogP contribution is -2.25. The minimum absolute atomic E-state index is 0.0830. The fourth-order valence-corrected chi connectivity index (χ4v) is 2.72. The molecule has 1 saturated carbocycles. The van der Waals surface area contributed by atoms with E-state index in [2.05, 4.69) is 48.4 Å². The number of hydrogen-bond acceptors (Lipinski definition) is 3. The topological polar surface area (TPSA) is 55.1 Å². The van der Waals surface area contributed by atoms with Gasteiger partial charge in [0, 0.05) is 24.9 Å². The predicted molar refractivity (Wildman–Crippen MR) is 94.5 cm³/mol. The third-order valence-corrected chi connectivity index (χ3v) is 4.29. The highest BCUT2D eigenvalue weighted by molar-refractivity contribution is 5.76. The number of benzene rings is 1. The lowest BCUT2D eigenvalue weighted by atomic mass is 10.0. The highest BCUT2D eigenvalue weighted by atomic mass is 16.4. The molecule has 128 valence electrons. The van der Waals surface area contributed by atoms with Gasteiger partial charge in [0.2, 0.25) is 5.91 Å². The Bertz CT molecular complexity index is 669. The molecule has 1 aliphatic carbocycles. The van der Waals surface area contributed by atoms with Gasteiger partial charge in [-0.05, 0) is 36.7 Å². The molecule has 1 fully saturated rings. The summed E-state index contributed by atoms with van der Waals surface area (Å²) in [5.74, 6) is 2.83. The van der Waals surface area contributed by atoms with Crippen molar-refractivity contribution >= 4 is 5.91 Å². The molecule has 4 heteroatoms. The van der Waals surface area contributed by atoms with Crippen molar-refractivity contribution < 1.29 is 9.21 Å². The molecule has 0 radical (unpaired) electrons. The molecule has 1 aromatic carbocycles. The molecule has 24 heavy (non-hydrogen) atoms. The van der Waals surface area contributed by atoms with E-state index in [0.29, 0.717) is 30.6 Å². The van der Waals surface area contributed by atoms with Crippen molar-refractivity contribution in [3.63, 3.8) is 0 Å². The first-order valence-electron chi connectivity index (χ1n) is 8.91. The number of rotatable bonds is 8. The van der Waals surface area contributed by atoms with E-state index >= 15 is 0 Å². The number of hydrogen-bond donors (Lipinski definition) is 1. The maximum absolute atomic E-state index is 11.8. The fourth-order valence-electron chi connectivity index (χ4n) is 2.72. The number of aryl methyl sites for hydroxylation is 1. The normalized spacial score (nSPS) is 14.1. The first-order chi connectivity index (χ1) is 11.6. The van der Waals surface area contributed by atoms with Crippen molar-refractivity contribution in [3.05, 3.63) is 41.9 Å². The van der Waals surface area contributed by atoms with Gasteiger partial charge in [0.1, 0.15) is 0 Å². The number of carbonyl (C=O) groups is 1. The van der Waals surface area contributed by atoms with Gasteiger partial charge in [-0.2, -0.15) is 0 Å². The zero-order valence-electron chi connectivity index (χ0n) is 14.5. The molecule has 3 rings (SSSR count). The van der Waals surface area contributed by atoms with E-state index in [9.17, 15) is 4.79 Å². The second kappa shape index (κ2) is 7.65. The minimum atomic E-state index is 0.0830. The predicted octanol–water partition coefficient (Wildman–Crippen LogP) is 4.00. The van der Waals surface area contributed by atoms with Crippen LogP contribution < -0.4 is 5.32 Å². The zero-order valence-corrected chi connectivity index (χ0v) is 14.5. The summed E-state index contributed by atoms with van der Waals surface area (Å²) >= 11 is 0. The Kier molecular flexibility index (Phi) is 5.34. The Balaban J connectivity index is 1.51. The van der Waals surface area contributed by atoms with Crippen molar-refractivity contribution in [2.24, 2.45) is 11.8 Å². The van der Waals surface area contributed by atoms with Crippen LogP contribution in [0.1, 0.15) is 44.6 Å². The van der Waals surface area contributed by atoms with Gasteiger partial charge in [-0.3, -0.25) is 4.79 Å². The van der Waals surface area contributed by atoms with Crippen LogP contribution in [0, 0.1) is 11.8 Å². The Morgan fingerprint density at radius 1 is 1.29 bits per heavy atom. The average molecular weight is 326 g/mol. The summed E-state index contributed by atoms with van der Waals surface area (Å²) < 4.78 is 5.79. The number of nitrogens with one attached hydrogen (secondary N) is 1. The monoisotopic (exact) mass is 326 g/mol. The Hall–Kier alpha value is -2.10. The standard InChI is InChI=1S/C20H26N2O2/c1-14(2)11-15-5-7-17(8-6-15)18-13-22-20(24-18)10-9-19(23)21-12-16-3-4-16/h5-8,13-14,16H,3-4,9-12H2,1-2H3,(H,21,23). The molecule has 0 atom stereocenters. The molecule has 0 unspecified atom stereocenters. The largest absolute Gasteiger partial charge is 0.441 e. The molecule has 1 aromatic heterocycles. The summed E-state index contributed by atoms with van der Waals surface area (Å²) in [6.07, 6.45) is 6.30. The second-order valence-electron chi connectivity index (χ2n) is 7.16. The van der Waals surface area contributed by atoms with E-state index in [0.717, 1.165) is 24.3 Å². The summed E-state index contributed by atoms with van der Waals surface area (Å²) in [5.41, 5.74) is 2.36. The van der Waals surface area contributed by atoms with Gasteiger partial charge >= 0.3 is 0 Å². The molecule has 2 aromatic rings. The maximum Gasteiger partial charge on any atom is 0.220 e. The molecule has 0 saturated heterocycles. The number of nitrogens with zero attached hydrogens (tertiary/aromatic N) is 1. The van der Waals surface area contributed by atoms with Gasteiger partial charge in [-0.25, -0.2) is 4.98 Å². The van der Waals surface area contributed by atoms with Crippen molar-refractivity contribution in [2.75, 3.05) is 6.54 Å². The SMILES string of the molecule is CC(C)Cc1ccc(-c2cnc(CCC(=O)NCC3CC3)o2)cc1. The number of carbonyl (C=O) groups excluding carboxylic acids is 1. The molecule has 1 aliphatic rings. The fraction of sp³-hybridized carbons (Fsp3) is 0.500. The van der Waals surface area contributed by atoms with Crippen molar-refractivity contribution in [1.29, 1.82) is 0 Å². The summed E-state index contributed by atoms with van der Waals surface area (Å²) in [7, 11) is 0. The van der Waals surface area contributed by atoms with Crippen LogP contribution in [0.3, 0.4) is 0 Å². The number of amides is 1. The van der Waals surface area contributed by atoms with Crippen molar-refractivity contribution in [2.45, 2.75) is 46.0 Å². The third-order valence-electron chi connectivity index (χ3n) is 4.29. The summed E-state index contributed by atoms with van der Waals surface area (Å²) in [4.78, 5) is 16.1. The molecule has 1 amide bonds. The van der Waals surface area contributed by atoms with Crippen LogP contribution in [0.4, 0.5) is 0 Å². The van der Waals surface area contributed by atoms with Crippen molar-refractivity contribution in [3.8, 4) is 11.3 Å². The van der Waals surface area contributed by atoms with Gasteiger partial charge in [0.25, 0.3) is 0 Å². The van der Waals surface area contributed by atoms with E-state index in [1.165, 1.54) is 18.4 Å². The van der Waals surface area contributed by atoms with Crippen LogP contribution in [0.2, 0.25) is 0 Å². The first kappa shape index (κ1) is 16.7. The zero-order chi connectivity index (χ0) is 16.9. The Morgan fingerprint density at radius 3 is 2.71 bits per heavy atom. The van der Waals surface area contributed by atoms with E-state index in [1.54, 1.807) is 6.20 Å². The smallest absolute Gasteiger partial charge is 0.220 e. The molecular weight excluding hydrogens is 300 g/mol. The van der Waals surface area contributed by atoms with Gasteiger partial charge in [-0.1, -0.05) is 38.1 Å². The number of aromatic nitrogens is 1. The van der Waals surface area contributed by atoms with Gasteiger partial charge < -0.3 is 9.73 Å². The Morgan fingerprint density at radius 2 is 2.04 bits per heavy atom. The van der Waals surface area contributed by atoms with E-state index in [4.69, 9.17) is 4.42 Å². The number of oxazole rings is 1. The van der Waals surface area contributed by atoms with Gasteiger partial charge in [-0.15, -0.1) is 0 Å². The molecule has 1 N–H and O–H groups in total. The summed E-state index contributed by atoms with van der Waals surface area (Å²) in [6, 6.07) is 8.43. The third kappa shape index (κ3) is 4.95. The molecule has 0 aliphatic heterocycles. The lowest BCUT2D eigenvalue weighted by Gasteiger charge is -2.05. The quantitative estimate of drug-likeness (QED) is 0.798. The van der Waals surface area contributed by atoms with E-state index < -0.39 is 0 Å². The highest BCUT2D eigenvalue weighted by Crippen LogP contribution is 2.27. The lowest BCUT2D eigenvalue weighted by molar-refractivity contribution is -0.121. The van der Waals surface area contributed by atoms with Crippen molar-refractivity contribution in [1.82, 2.24) is 10.3 Å². The molecule has 1 heterocycles. The summed E-state index contributed by atoms with van der Waals surface area (Å²) in [6.45, 7) is 5.26. The molecule has 4 nitrogen and oxygen atoms in total. The maximum atomic E-state index is 11.8. The molecule has 0 bridgehead atoms. The molecule has 0 spiro atoms. The summed E-state index contributed by atoms with van der Waals surface area (Å²) in [5, 5.41) is 2.97. The highest BCUT2D eigenvalue weighted by Gasteiger charge is 2.21. The Labute approximate surface area is 143 Å². The minimum Gasteiger partial charge on any atom is -0.441 e. The van der Waals surface area contributed by atoms with Crippen LogP contribution >= 0.6 is 0 Å². The van der Waals surface area contributed by atoms with E-state index in [1.807, 2.05) is 0 Å². The van der Waals surface area contributed by atoms with Crippen LogP contribution in [0.15, 0.2) is 34.9 Å². The molecular formula is C20H26N2O2. The van der Waals surface area contributed by atoms with E-state index in [-0.39, 0.29) is 5.91 Å². The van der Waals surface area contributed by atoms with Crippen LogP contribution in [0.25, 0.3) is 11.3 Å². The van der Waals surface area contributed by atoms with Gasteiger partial charge in [0.15, 0.2) is 11.7 Å². The van der Waals surface area contributed by atoms with Crippen LogP contribution in [0.5, 0.6) is 0 Å². The van der Waals surface area contributed by atoms with Crippen LogP contribution in [-0.2, 0) is 17.6 Å². The van der Waals surface area contributed by atoms with Gasteiger partial charge in [0.05, 0.1) is 6.20 Å². The van der Waals surface area contributed by atoms with Crippen LogP contribution in [-0.4, -0.2) is 17.4 Å². The second-order valence-corrected chi connectivity index (χ2v) is 7.16. The average Bonchev–Trinajstić information content (AvgIpc) is 3.27.